The Balaban J connectivity index is 1.93. The smallest absolute Gasteiger partial charge is 0.0931 e. The van der Waals surface area contributed by atoms with E-state index in [-0.39, 0.29) is 6.04 Å². The van der Waals surface area contributed by atoms with Gasteiger partial charge in [0.05, 0.1) is 10.0 Å². The van der Waals surface area contributed by atoms with E-state index in [1.165, 1.54) is 10.6 Å². The zero-order valence-electron chi connectivity index (χ0n) is 9.27. The minimum Gasteiger partial charge on any atom is -0.304 e. The van der Waals surface area contributed by atoms with Crippen molar-refractivity contribution in [1.82, 2.24) is 15.1 Å². The van der Waals surface area contributed by atoms with Crippen LogP contribution in [0.25, 0.3) is 0 Å². The third-order valence-corrected chi connectivity index (χ3v) is 3.74. The topological polar surface area (TPSA) is 29.9 Å². The highest BCUT2D eigenvalue weighted by atomic mass is 35.5. The molecule has 2 aromatic heterocycles. The van der Waals surface area contributed by atoms with Crippen LogP contribution in [0.15, 0.2) is 24.4 Å². The van der Waals surface area contributed by atoms with Crippen molar-refractivity contribution in [2.24, 2.45) is 7.05 Å². The van der Waals surface area contributed by atoms with Crippen molar-refractivity contribution in [3.05, 3.63) is 39.3 Å². The van der Waals surface area contributed by atoms with Crippen molar-refractivity contribution < 1.29 is 0 Å². The number of rotatable bonds is 4. The van der Waals surface area contributed by atoms with Crippen molar-refractivity contribution in [1.29, 1.82) is 0 Å². The van der Waals surface area contributed by atoms with E-state index >= 15 is 0 Å². The molecule has 0 radical (unpaired) electrons. The van der Waals surface area contributed by atoms with Crippen LogP contribution in [-0.4, -0.2) is 9.78 Å². The second-order valence-electron chi connectivity index (χ2n) is 3.69. The molecule has 16 heavy (non-hydrogen) atoms. The van der Waals surface area contributed by atoms with Gasteiger partial charge in [0.1, 0.15) is 0 Å². The number of aryl methyl sites for hydroxylation is 1. The Morgan fingerprint density at radius 1 is 1.50 bits per heavy atom. The first-order chi connectivity index (χ1) is 7.66. The van der Waals surface area contributed by atoms with E-state index in [0.29, 0.717) is 0 Å². The maximum Gasteiger partial charge on any atom is 0.0931 e. The average Bonchev–Trinajstić information content (AvgIpc) is 2.84. The molecule has 1 atom stereocenters. The minimum atomic E-state index is 0.286. The van der Waals surface area contributed by atoms with Crippen LogP contribution >= 0.6 is 22.9 Å². The lowest BCUT2D eigenvalue weighted by Gasteiger charge is -2.13. The highest BCUT2D eigenvalue weighted by Crippen LogP contribution is 2.22. The van der Waals surface area contributed by atoms with Gasteiger partial charge in [0.2, 0.25) is 0 Å². The van der Waals surface area contributed by atoms with Crippen molar-refractivity contribution in [3.63, 3.8) is 0 Å². The van der Waals surface area contributed by atoms with E-state index in [1.807, 2.05) is 30.1 Å². The van der Waals surface area contributed by atoms with E-state index < -0.39 is 0 Å². The molecule has 5 heteroatoms. The largest absolute Gasteiger partial charge is 0.304 e. The van der Waals surface area contributed by atoms with Gasteiger partial charge in [0.25, 0.3) is 0 Å². The first-order valence-electron chi connectivity index (χ1n) is 5.12. The molecule has 0 aliphatic rings. The summed E-state index contributed by atoms with van der Waals surface area (Å²) >= 11 is 7.49. The molecule has 86 valence electrons. The lowest BCUT2D eigenvalue weighted by Crippen LogP contribution is -2.19. The Morgan fingerprint density at radius 3 is 2.88 bits per heavy atom. The molecule has 3 nitrogen and oxygen atoms in total. The van der Waals surface area contributed by atoms with Crippen molar-refractivity contribution >= 4 is 22.9 Å². The number of nitrogens with one attached hydrogen (secondary N) is 1. The van der Waals surface area contributed by atoms with Crippen LogP contribution in [0.2, 0.25) is 4.34 Å². The molecule has 2 rings (SSSR count). The third-order valence-electron chi connectivity index (χ3n) is 2.51. The molecule has 0 spiro atoms. The van der Waals surface area contributed by atoms with Crippen LogP contribution in [0.5, 0.6) is 0 Å². The van der Waals surface area contributed by atoms with E-state index in [2.05, 4.69) is 23.4 Å². The van der Waals surface area contributed by atoms with Crippen molar-refractivity contribution in [3.8, 4) is 0 Å². The van der Waals surface area contributed by atoms with Gasteiger partial charge in [-0.3, -0.25) is 4.68 Å². The monoisotopic (exact) mass is 255 g/mol. The summed E-state index contributed by atoms with van der Waals surface area (Å²) in [5.41, 5.74) is 1.18. The Bertz CT molecular complexity index is 463. The Labute approximate surface area is 104 Å². The second-order valence-corrected chi connectivity index (χ2v) is 5.49. The highest BCUT2D eigenvalue weighted by molar-refractivity contribution is 7.16. The Hall–Kier alpha value is -0.840. The molecule has 0 amide bonds. The number of hydrogen-bond donors (Lipinski definition) is 1. The van der Waals surface area contributed by atoms with Gasteiger partial charge in [0.15, 0.2) is 0 Å². The van der Waals surface area contributed by atoms with Gasteiger partial charge >= 0.3 is 0 Å². The predicted octanol–water partition coefficient (Wildman–Crippen LogP) is 2.99. The first kappa shape index (κ1) is 11.6. The molecule has 2 heterocycles. The van der Waals surface area contributed by atoms with E-state index in [0.717, 1.165) is 10.9 Å². The SMILES string of the molecule is CC(NCc1ccc(Cl)s1)c1ccnn1C. The molecule has 0 bridgehead atoms. The number of nitrogens with zero attached hydrogens (tertiary/aromatic N) is 2. The van der Waals surface area contributed by atoms with E-state index in [1.54, 1.807) is 11.3 Å². The number of hydrogen-bond acceptors (Lipinski definition) is 3. The first-order valence-corrected chi connectivity index (χ1v) is 6.32. The van der Waals surface area contributed by atoms with Gasteiger partial charge in [-0.2, -0.15) is 5.10 Å². The van der Waals surface area contributed by atoms with Crippen LogP contribution in [0.1, 0.15) is 23.5 Å². The fraction of sp³-hybridized carbons (Fsp3) is 0.364. The highest BCUT2D eigenvalue weighted by Gasteiger charge is 2.08. The van der Waals surface area contributed by atoms with Gasteiger partial charge < -0.3 is 5.32 Å². The zero-order valence-corrected chi connectivity index (χ0v) is 10.8. The van der Waals surface area contributed by atoms with Crippen LogP contribution in [0, 0.1) is 0 Å². The molecule has 2 aromatic rings. The van der Waals surface area contributed by atoms with Crippen LogP contribution in [-0.2, 0) is 13.6 Å². The minimum absolute atomic E-state index is 0.286. The van der Waals surface area contributed by atoms with Crippen LogP contribution in [0.4, 0.5) is 0 Å². The summed E-state index contributed by atoms with van der Waals surface area (Å²) in [7, 11) is 1.95. The molecular weight excluding hydrogens is 242 g/mol. The number of thiophene rings is 1. The maximum absolute atomic E-state index is 5.88. The fourth-order valence-corrected chi connectivity index (χ4v) is 2.65. The lowest BCUT2D eigenvalue weighted by atomic mass is 10.2. The zero-order chi connectivity index (χ0) is 11.5. The lowest BCUT2D eigenvalue weighted by molar-refractivity contribution is 0.532. The summed E-state index contributed by atoms with van der Waals surface area (Å²) in [5, 5.41) is 7.60. The summed E-state index contributed by atoms with van der Waals surface area (Å²) in [5.74, 6) is 0. The molecule has 1 N–H and O–H groups in total. The molecule has 0 saturated carbocycles. The second kappa shape index (κ2) is 4.99. The molecule has 1 unspecified atom stereocenters. The number of halogens is 1. The van der Waals surface area contributed by atoms with Gasteiger partial charge in [-0.1, -0.05) is 11.6 Å². The molecular formula is C11H14ClN3S. The average molecular weight is 256 g/mol. The van der Waals surface area contributed by atoms with Gasteiger partial charge in [-0.05, 0) is 25.1 Å². The quantitative estimate of drug-likeness (QED) is 0.910. The van der Waals surface area contributed by atoms with Crippen molar-refractivity contribution in [2.45, 2.75) is 19.5 Å². The molecule has 0 aromatic carbocycles. The Kier molecular flexibility index (Phi) is 3.63. The van der Waals surface area contributed by atoms with Crippen molar-refractivity contribution in [2.75, 3.05) is 0 Å². The summed E-state index contributed by atoms with van der Waals surface area (Å²) in [6.45, 7) is 2.97. The maximum atomic E-state index is 5.88. The molecule has 0 aliphatic carbocycles. The summed E-state index contributed by atoms with van der Waals surface area (Å²) in [6.07, 6.45) is 1.82. The molecule has 0 fully saturated rings. The van der Waals surface area contributed by atoms with Gasteiger partial charge in [-0.15, -0.1) is 11.3 Å². The van der Waals surface area contributed by atoms with E-state index in [4.69, 9.17) is 11.6 Å². The Morgan fingerprint density at radius 2 is 2.31 bits per heavy atom. The molecule has 0 saturated heterocycles. The fourth-order valence-electron chi connectivity index (χ4n) is 1.61. The predicted molar refractivity (Wildman–Crippen MR) is 67.8 cm³/mol. The van der Waals surface area contributed by atoms with Crippen LogP contribution < -0.4 is 5.32 Å². The van der Waals surface area contributed by atoms with Gasteiger partial charge in [-0.25, -0.2) is 0 Å². The third kappa shape index (κ3) is 2.64. The summed E-state index contributed by atoms with van der Waals surface area (Å²) in [6, 6.07) is 6.29. The standard InChI is InChI=1S/C11H14ClN3S/c1-8(10-5-6-14-15(10)2)13-7-9-3-4-11(12)16-9/h3-6,8,13H,7H2,1-2H3. The van der Waals surface area contributed by atoms with Crippen LogP contribution in [0.3, 0.4) is 0 Å². The van der Waals surface area contributed by atoms with E-state index in [9.17, 15) is 0 Å². The summed E-state index contributed by atoms with van der Waals surface area (Å²) in [4.78, 5) is 1.25. The molecule has 0 aliphatic heterocycles. The number of aromatic nitrogens is 2. The summed E-state index contributed by atoms with van der Waals surface area (Å²) < 4.78 is 2.73. The normalized spacial score (nSPS) is 12.9. The van der Waals surface area contributed by atoms with Gasteiger partial charge in [0, 0.05) is 30.7 Å².